The second-order valence-electron chi connectivity index (χ2n) is 4.43. The van der Waals surface area contributed by atoms with E-state index in [1.54, 1.807) is 0 Å². The monoisotopic (exact) mass is 195 g/mol. The van der Waals surface area contributed by atoms with Gasteiger partial charge in [0.2, 0.25) is 5.89 Å². The second-order valence-corrected chi connectivity index (χ2v) is 4.43. The Morgan fingerprint density at radius 3 is 2.86 bits per heavy atom. The summed E-state index contributed by atoms with van der Waals surface area (Å²) in [7, 11) is 0. The molecule has 1 aliphatic heterocycles. The SMILES string of the molecule is CC(C)Cc1noc(CC2CNC2)n1. The van der Waals surface area contributed by atoms with E-state index in [1.807, 2.05) is 0 Å². The van der Waals surface area contributed by atoms with Crippen molar-refractivity contribution in [2.24, 2.45) is 11.8 Å². The van der Waals surface area contributed by atoms with Crippen LogP contribution in [0.15, 0.2) is 4.52 Å². The van der Waals surface area contributed by atoms with Crippen LogP contribution in [0.3, 0.4) is 0 Å². The van der Waals surface area contributed by atoms with E-state index >= 15 is 0 Å². The highest BCUT2D eigenvalue weighted by Crippen LogP contribution is 2.12. The Balaban J connectivity index is 1.88. The van der Waals surface area contributed by atoms with E-state index in [-0.39, 0.29) is 0 Å². The Bertz CT molecular complexity index is 291. The second kappa shape index (κ2) is 4.09. The Kier molecular flexibility index (Phi) is 2.82. The van der Waals surface area contributed by atoms with Crippen LogP contribution in [0.1, 0.15) is 25.6 Å². The van der Waals surface area contributed by atoms with Crippen molar-refractivity contribution in [2.75, 3.05) is 13.1 Å². The molecule has 78 valence electrons. The van der Waals surface area contributed by atoms with Crippen LogP contribution in [-0.2, 0) is 12.8 Å². The van der Waals surface area contributed by atoms with Gasteiger partial charge in [-0.2, -0.15) is 4.98 Å². The molecule has 0 aromatic carbocycles. The number of hydrogen-bond acceptors (Lipinski definition) is 4. The van der Waals surface area contributed by atoms with Gasteiger partial charge in [0.15, 0.2) is 5.82 Å². The van der Waals surface area contributed by atoms with Gasteiger partial charge in [-0.25, -0.2) is 0 Å². The van der Waals surface area contributed by atoms with Crippen molar-refractivity contribution in [2.45, 2.75) is 26.7 Å². The minimum Gasteiger partial charge on any atom is -0.339 e. The molecule has 0 spiro atoms. The molecule has 2 rings (SSSR count). The molecule has 0 unspecified atom stereocenters. The van der Waals surface area contributed by atoms with Gasteiger partial charge < -0.3 is 9.84 Å². The van der Waals surface area contributed by atoms with Gasteiger partial charge in [0.1, 0.15) is 0 Å². The summed E-state index contributed by atoms with van der Waals surface area (Å²) in [5.74, 6) is 2.93. The quantitative estimate of drug-likeness (QED) is 0.779. The summed E-state index contributed by atoms with van der Waals surface area (Å²) in [6, 6.07) is 0. The van der Waals surface area contributed by atoms with Gasteiger partial charge in [-0.3, -0.25) is 0 Å². The topological polar surface area (TPSA) is 51.0 Å². The average molecular weight is 195 g/mol. The fourth-order valence-corrected chi connectivity index (χ4v) is 1.56. The Morgan fingerprint density at radius 2 is 2.29 bits per heavy atom. The number of nitrogens with one attached hydrogen (secondary N) is 1. The lowest BCUT2D eigenvalue weighted by atomic mass is 10.00. The van der Waals surface area contributed by atoms with Crippen LogP contribution < -0.4 is 5.32 Å². The molecule has 0 saturated carbocycles. The fraction of sp³-hybridized carbons (Fsp3) is 0.800. The highest BCUT2D eigenvalue weighted by atomic mass is 16.5. The van der Waals surface area contributed by atoms with Crippen molar-refractivity contribution in [3.63, 3.8) is 0 Å². The van der Waals surface area contributed by atoms with Gasteiger partial charge in [-0.05, 0) is 24.9 Å². The lowest BCUT2D eigenvalue weighted by Gasteiger charge is -2.25. The molecule has 0 atom stereocenters. The first kappa shape index (κ1) is 9.65. The smallest absolute Gasteiger partial charge is 0.227 e. The van der Waals surface area contributed by atoms with Crippen LogP contribution in [0, 0.1) is 11.8 Å². The van der Waals surface area contributed by atoms with Gasteiger partial charge in [0, 0.05) is 12.8 Å². The molecule has 1 fully saturated rings. The zero-order valence-electron chi connectivity index (χ0n) is 8.79. The zero-order chi connectivity index (χ0) is 9.97. The van der Waals surface area contributed by atoms with Crippen molar-refractivity contribution in [3.8, 4) is 0 Å². The predicted molar refractivity (Wildman–Crippen MR) is 52.9 cm³/mol. The molecule has 4 heteroatoms. The Labute approximate surface area is 84.1 Å². The van der Waals surface area contributed by atoms with E-state index in [9.17, 15) is 0 Å². The molecule has 0 bridgehead atoms. The Hall–Kier alpha value is -0.900. The summed E-state index contributed by atoms with van der Waals surface area (Å²) in [6.45, 7) is 6.49. The molecule has 1 N–H and O–H groups in total. The van der Waals surface area contributed by atoms with E-state index in [0.717, 1.165) is 37.6 Å². The molecular weight excluding hydrogens is 178 g/mol. The molecule has 1 aliphatic rings. The summed E-state index contributed by atoms with van der Waals surface area (Å²) in [4.78, 5) is 4.37. The third-order valence-electron chi connectivity index (χ3n) is 2.43. The molecule has 1 aromatic heterocycles. The van der Waals surface area contributed by atoms with Gasteiger partial charge in [0.25, 0.3) is 0 Å². The van der Waals surface area contributed by atoms with Crippen molar-refractivity contribution in [3.05, 3.63) is 11.7 Å². The van der Waals surface area contributed by atoms with E-state index in [4.69, 9.17) is 4.52 Å². The average Bonchev–Trinajstić information content (AvgIpc) is 2.44. The summed E-state index contributed by atoms with van der Waals surface area (Å²) in [5.41, 5.74) is 0. The van der Waals surface area contributed by atoms with Crippen LogP contribution in [-0.4, -0.2) is 23.2 Å². The largest absolute Gasteiger partial charge is 0.339 e. The van der Waals surface area contributed by atoms with Crippen molar-refractivity contribution in [1.29, 1.82) is 0 Å². The molecule has 2 heterocycles. The highest BCUT2D eigenvalue weighted by molar-refractivity contribution is 4.91. The van der Waals surface area contributed by atoms with E-state index in [1.165, 1.54) is 0 Å². The molecule has 0 radical (unpaired) electrons. The van der Waals surface area contributed by atoms with Crippen molar-refractivity contribution >= 4 is 0 Å². The zero-order valence-corrected chi connectivity index (χ0v) is 8.79. The minimum atomic E-state index is 0.589. The number of hydrogen-bond donors (Lipinski definition) is 1. The summed E-state index contributed by atoms with van der Waals surface area (Å²) < 4.78 is 5.18. The molecule has 14 heavy (non-hydrogen) atoms. The lowest BCUT2D eigenvalue weighted by molar-refractivity contribution is 0.294. The third kappa shape index (κ3) is 2.32. The van der Waals surface area contributed by atoms with Gasteiger partial charge in [-0.15, -0.1) is 0 Å². The summed E-state index contributed by atoms with van der Waals surface area (Å²) in [6.07, 6.45) is 1.84. The van der Waals surface area contributed by atoms with E-state index in [0.29, 0.717) is 11.8 Å². The van der Waals surface area contributed by atoms with Gasteiger partial charge in [0.05, 0.1) is 0 Å². The molecule has 4 nitrogen and oxygen atoms in total. The van der Waals surface area contributed by atoms with Gasteiger partial charge >= 0.3 is 0 Å². The van der Waals surface area contributed by atoms with E-state index < -0.39 is 0 Å². The molecule has 0 aliphatic carbocycles. The molecule has 0 amide bonds. The predicted octanol–water partition coefficient (Wildman–Crippen LogP) is 1.03. The van der Waals surface area contributed by atoms with Crippen LogP contribution in [0.4, 0.5) is 0 Å². The summed E-state index contributed by atoms with van der Waals surface area (Å²) >= 11 is 0. The van der Waals surface area contributed by atoms with Crippen molar-refractivity contribution in [1.82, 2.24) is 15.5 Å². The van der Waals surface area contributed by atoms with Crippen molar-refractivity contribution < 1.29 is 4.52 Å². The number of aromatic nitrogens is 2. The lowest BCUT2D eigenvalue weighted by Crippen LogP contribution is -2.43. The third-order valence-corrected chi connectivity index (χ3v) is 2.43. The molecular formula is C10H17N3O. The van der Waals surface area contributed by atoms with Crippen LogP contribution >= 0.6 is 0 Å². The van der Waals surface area contributed by atoms with Gasteiger partial charge in [-0.1, -0.05) is 19.0 Å². The van der Waals surface area contributed by atoms with Crippen LogP contribution in [0.25, 0.3) is 0 Å². The molecule has 1 saturated heterocycles. The van der Waals surface area contributed by atoms with E-state index in [2.05, 4.69) is 29.3 Å². The first-order valence-corrected chi connectivity index (χ1v) is 5.26. The highest BCUT2D eigenvalue weighted by Gasteiger charge is 2.20. The standard InChI is InChI=1S/C10H17N3O/c1-7(2)3-9-12-10(14-13-9)4-8-5-11-6-8/h7-8,11H,3-6H2,1-2H3. The fourth-order valence-electron chi connectivity index (χ4n) is 1.56. The number of rotatable bonds is 4. The van der Waals surface area contributed by atoms with Crippen LogP contribution in [0.2, 0.25) is 0 Å². The summed E-state index contributed by atoms with van der Waals surface area (Å²) in [5, 5.41) is 7.19. The van der Waals surface area contributed by atoms with Crippen LogP contribution in [0.5, 0.6) is 0 Å². The maximum absolute atomic E-state index is 5.18. The maximum atomic E-state index is 5.18. The normalized spacial score (nSPS) is 17.4. The molecule has 1 aromatic rings. The first-order valence-electron chi connectivity index (χ1n) is 5.26. The minimum absolute atomic E-state index is 0.589. The Morgan fingerprint density at radius 1 is 1.50 bits per heavy atom. The maximum Gasteiger partial charge on any atom is 0.227 e. The number of nitrogens with zero attached hydrogens (tertiary/aromatic N) is 2. The first-order chi connectivity index (χ1) is 6.74.